The highest BCUT2D eigenvalue weighted by Gasteiger charge is 2.38. The van der Waals surface area contributed by atoms with Gasteiger partial charge < -0.3 is 10.8 Å². The van der Waals surface area contributed by atoms with Crippen LogP contribution >= 0.6 is 0 Å². The van der Waals surface area contributed by atoms with Gasteiger partial charge in [0.1, 0.15) is 0 Å². The molecule has 7 nitrogen and oxygen atoms in total. The molecule has 0 radical (unpaired) electrons. The molecule has 2 rings (SSSR count). The summed E-state index contributed by atoms with van der Waals surface area (Å²) < 4.78 is 56.5. The first-order valence-corrected chi connectivity index (χ1v) is 9.63. The van der Waals surface area contributed by atoms with E-state index in [1.165, 1.54) is 0 Å². The topological polar surface area (TPSA) is 118 Å². The average molecular weight is 410 g/mol. The number of alkyl halides is 3. The van der Waals surface area contributed by atoms with Crippen molar-refractivity contribution in [1.29, 1.82) is 0 Å². The van der Waals surface area contributed by atoms with Crippen molar-refractivity contribution in [2.75, 3.05) is 5.75 Å². The molecule has 0 bridgehead atoms. The van der Waals surface area contributed by atoms with Crippen LogP contribution in [0.4, 0.5) is 13.2 Å². The Labute approximate surface area is 155 Å². The molecule has 1 aromatic rings. The maximum Gasteiger partial charge on any atom is 0.490 e. The molecule has 1 aliphatic heterocycles. The van der Waals surface area contributed by atoms with E-state index in [4.69, 9.17) is 15.6 Å². The van der Waals surface area contributed by atoms with Gasteiger partial charge in [-0.3, -0.25) is 4.79 Å². The lowest BCUT2D eigenvalue weighted by Gasteiger charge is -2.20. The van der Waals surface area contributed by atoms with E-state index in [9.17, 15) is 26.4 Å². The largest absolute Gasteiger partial charge is 0.490 e. The van der Waals surface area contributed by atoms with E-state index < -0.39 is 22.2 Å². The first-order chi connectivity index (χ1) is 12.4. The molecule has 0 saturated carbocycles. The van der Waals surface area contributed by atoms with Gasteiger partial charge in [0.05, 0.1) is 5.75 Å². The Morgan fingerprint density at radius 3 is 2.19 bits per heavy atom. The van der Waals surface area contributed by atoms with Crippen LogP contribution in [0.3, 0.4) is 0 Å². The molecule has 1 atom stereocenters. The number of halogens is 3. The molecule has 1 aromatic carbocycles. The molecule has 1 saturated heterocycles. The number of amides is 1. The number of aliphatic carboxylic acids is 1. The smallest absolute Gasteiger partial charge is 0.475 e. The van der Waals surface area contributed by atoms with Crippen LogP contribution in [0.5, 0.6) is 0 Å². The van der Waals surface area contributed by atoms with E-state index in [0.29, 0.717) is 19.4 Å². The van der Waals surface area contributed by atoms with Crippen LogP contribution in [0.15, 0.2) is 24.3 Å². The molecule has 0 spiro atoms. The first kappa shape index (κ1) is 22.9. The average Bonchev–Trinajstić information content (AvgIpc) is 2.85. The highest BCUT2D eigenvalue weighted by atomic mass is 32.2. The van der Waals surface area contributed by atoms with Gasteiger partial charge in [-0.15, -0.1) is 0 Å². The number of carbonyl (C=O) groups is 2. The zero-order valence-electron chi connectivity index (χ0n) is 14.6. The van der Waals surface area contributed by atoms with Gasteiger partial charge in [-0.2, -0.15) is 13.2 Å². The van der Waals surface area contributed by atoms with E-state index in [2.05, 4.69) is 0 Å². The number of nitrogens with two attached hydrogens (primary N) is 1. The lowest BCUT2D eigenvalue weighted by atomic mass is 10.0. The van der Waals surface area contributed by atoms with Crippen molar-refractivity contribution >= 4 is 21.9 Å². The zero-order chi connectivity index (χ0) is 20.8. The van der Waals surface area contributed by atoms with Crippen LogP contribution in [-0.4, -0.2) is 47.7 Å². The number of benzene rings is 1. The molecule has 1 fully saturated rings. The summed E-state index contributed by atoms with van der Waals surface area (Å²) in [5.74, 6) is -3.01. The lowest BCUT2D eigenvalue weighted by Crippen LogP contribution is -2.37. The third-order valence-electron chi connectivity index (χ3n) is 3.93. The number of sulfonamides is 1. The maximum atomic E-state index is 12.2. The number of nitrogens with zero attached hydrogens (tertiary/aromatic N) is 1. The molecule has 27 heavy (non-hydrogen) atoms. The summed E-state index contributed by atoms with van der Waals surface area (Å²) in [5.41, 5.74) is 7.66. The fourth-order valence-electron chi connectivity index (χ4n) is 2.56. The van der Waals surface area contributed by atoms with Gasteiger partial charge in [0.2, 0.25) is 15.9 Å². The number of aryl methyl sites for hydroxylation is 1. The van der Waals surface area contributed by atoms with Crippen molar-refractivity contribution in [1.82, 2.24) is 4.31 Å². The van der Waals surface area contributed by atoms with Crippen molar-refractivity contribution in [2.24, 2.45) is 5.73 Å². The Bertz CT molecular complexity index is 781. The molecule has 1 unspecified atom stereocenters. The van der Waals surface area contributed by atoms with Crippen molar-refractivity contribution in [2.45, 2.75) is 44.9 Å². The quantitative estimate of drug-likeness (QED) is 0.780. The van der Waals surface area contributed by atoms with E-state index in [1.807, 2.05) is 24.3 Å². The number of rotatable bonds is 4. The Hall–Kier alpha value is -2.14. The monoisotopic (exact) mass is 410 g/mol. The lowest BCUT2D eigenvalue weighted by molar-refractivity contribution is -0.192. The Kier molecular flexibility index (Phi) is 7.78. The summed E-state index contributed by atoms with van der Waals surface area (Å²) in [5, 5.41) is 7.12. The van der Waals surface area contributed by atoms with Crippen molar-refractivity contribution in [3.8, 4) is 0 Å². The molecule has 1 aliphatic rings. The van der Waals surface area contributed by atoms with Gasteiger partial charge in [-0.05, 0) is 30.9 Å². The molecule has 0 aromatic heterocycles. The second kappa shape index (κ2) is 9.18. The molecule has 11 heteroatoms. The Morgan fingerprint density at radius 2 is 1.78 bits per heavy atom. The van der Waals surface area contributed by atoms with Crippen molar-refractivity contribution < 1.29 is 36.3 Å². The Morgan fingerprint density at radius 1 is 1.26 bits per heavy atom. The number of carboxylic acids is 1. The van der Waals surface area contributed by atoms with Crippen LogP contribution in [0, 0.1) is 0 Å². The van der Waals surface area contributed by atoms with E-state index in [0.717, 1.165) is 15.4 Å². The minimum atomic E-state index is -5.08. The van der Waals surface area contributed by atoms with E-state index >= 15 is 0 Å². The summed E-state index contributed by atoms with van der Waals surface area (Å²) in [6, 6.07) is 7.43. The molecule has 152 valence electrons. The number of hydrogen-bond acceptors (Lipinski definition) is 5. The van der Waals surface area contributed by atoms with Gasteiger partial charge in [0.25, 0.3) is 0 Å². The second-order valence-corrected chi connectivity index (χ2v) is 7.88. The van der Waals surface area contributed by atoms with Gasteiger partial charge in [0, 0.05) is 19.0 Å². The molecule has 0 aliphatic carbocycles. The Balaban J connectivity index is 0.000000445. The normalized spacial score (nSPS) is 18.6. The predicted octanol–water partition coefficient (Wildman–Crippen LogP) is 1.66. The van der Waals surface area contributed by atoms with Crippen LogP contribution in [0.1, 0.15) is 30.9 Å². The summed E-state index contributed by atoms with van der Waals surface area (Å²) in [6.45, 7) is 2.19. The van der Waals surface area contributed by atoms with Gasteiger partial charge in [-0.25, -0.2) is 17.5 Å². The third kappa shape index (κ3) is 6.51. The minimum Gasteiger partial charge on any atom is -0.475 e. The number of carboxylic acid groups (broad SMARTS) is 1. The highest BCUT2D eigenvalue weighted by Crippen LogP contribution is 2.22. The molecular formula is C16H21F3N2O5S. The van der Waals surface area contributed by atoms with Crippen molar-refractivity contribution in [3.63, 3.8) is 0 Å². The van der Waals surface area contributed by atoms with Gasteiger partial charge >= 0.3 is 12.1 Å². The van der Waals surface area contributed by atoms with Crippen LogP contribution in [0.25, 0.3) is 0 Å². The molecule has 1 amide bonds. The zero-order valence-corrected chi connectivity index (χ0v) is 15.4. The minimum absolute atomic E-state index is 0.0687. The fourth-order valence-corrected chi connectivity index (χ4v) is 4.45. The van der Waals surface area contributed by atoms with Gasteiger partial charge in [-0.1, -0.05) is 24.3 Å². The highest BCUT2D eigenvalue weighted by molar-refractivity contribution is 7.89. The maximum absolute atomic E-state index is 12.2. The molecule has 1 heterocycles. The number of carbonyl (C=O) groups excluding carboxylic acids is 1. The molecular weight excluding hydrogens is 389 g/mol. The summed E-state index contributed by atoms with van der Waals surface area (Å²) in [6.07, 6.45) is -3.85. The SMILES string of the molecule is CC1CCS(=O)(=O)N1C(=O)CCc1ccccc1CN.O=C(O)C(F)(F)F. The van der Waals surface area contributed by atoms with Gasteiger partial charge in [0.15, 0.2) is 0 Å². The van der Waals surface area contributed by atoms with E-state index in [-0.39, 0.29) is 24.1 Å². The summed E-state index contributed by atoms with van der Waals surface area (Å²) in [4.78, 5) is 21.1. The first-order valence-electron chi connectivity index (χ1n) is 8.02. The summed E-state index contributed by atoms with van der Waals surface area (Å²) >= 11 is 0. The van der Waals surface area contributed by atoms with Crippen molar-refractivity contribution in [3.05, 3.63) is 35.4 Å². The van der Waals surface area contributed by atoms with E-state index in [1.54, 1.807) is 6.92 Å². The second-order valence-electron chi connectivity index (χ2n) is 5.92. The summed E-state index contributed by atoms with van der Waals surface area (Å²) in [7, 11) is -3.40. The molecule has 3 N–H and O–H groups in total. The van der Waals surface area contributed by atoms with Crippen LogP contribution in [-0.2, 0) is 32.6 Å². The third-order valence-corrected chi connectivity index (χ3v) is 5.84. The van der Waals surface area contributed by atoms with Crippen LogP contribution in [0.2, 0.25) is 0 Å². The predicted molar refractivity (Wildman–Crippen MR) is 91.1 cm³/mol. The fraction of sp³-hybridized carbons (Fsp3) is 0.500. The number of hydrogen-bond donors (Lipinski definition) is 2. The standard InChI is InChI=1S/C14H20N2O3S.C2HF3O2/c1-11-8-9-20(18,19)16(11)14(17)7-6-12-4-2-3-5-13(12)10-15;3-2(4,5)1(6)7/h2-5,11H,6-10,15H2,1H3;(H,6,7). The van der Waals surface area contributed by atoms with Crippen LogP contribution < -0.4 is 5.73 Å².